The zero-order valence-corrected chi connectivity index (χ0v) is 15.8. The Balaban J connectivity index is 1.61. The Kier molecular flexibility index (Phi) is 5.74. The second kappa shape index (κ2) is 8.20. The molecule has 2 aromatic rings. The summed E-state index contributed by atoms with van der Waals surface area (Å²) in [6.07, 6.45) is 1.42. The Morgan fingerprint density at radius 2 is 1.78 bits per heavy atom. The normalized spacial score (nSPS) is 14.8. The van der Waals surface area contributed by atoms with Crippen molar-refractivity contribution in [2.75, 3.05) is 25.0 Å². The van der Waals surface area contributed by atoms with E-state index >= 15 is 0 Å². The van der Waals surface area contributed by atoms with Crippen molar-refractivity contribution < 1.29 is 9.72 Å². The highest BCUT2D eigenvalue weighted by Crippen LogP contribution is 2.31. The van der Waals surface area contributed by atoms with Gasteiger partial charge in [-0.05, 0) is 37.0 Å². The van der Waals surface area contributed by atoms with Gasteiger partial charge in [0, 0.05) is 38.7 Å². The zero-order valence-electron chi connectivity index (χ0n) is 15.8. The van der Waals surface area contributed by atoms with Crippen LogP contribution in [0.2, 0.25) is 0 Å². The number of amides is 1. The van der Waals surface area contributed by atoms with E-state index in [1.54, 1.807) is 17.0 Å². The molecular formula is C21H25N3O3. The van der Waals surface area contributed by atoms with E-state index in [0.717, 1.165) is 5.56 Å². The lowest BCUT2D eigenvalue weighted by Crippen LogP contribution is -2.41. The SMILES string of the molecule is Cc1ccccc1CN(C)C(=O)C1CCN(c2ccccc2[N+](=O)[O-])CC1. The molecular weight excluding hydrogens is 342 g/mol. The Morgan fingerprint density at radius 1 is 1.15 bits per heavy atom. The number of nitrogens with zero attached hydrogens (tertiary/aromatic N) is 3. The quantitative estimate of drug-likeness (QED) is 0.596. The first-order valence-corrected chi connectivity index (χ1v) is 9.25. The number of piperidine rings is 1. The van der Waals surface area contributed by atoms with Gasteiger partial charge in [0.05, 0.1) is 4.92 Å². The van der Waals surface area contributed by atoms with Crippen molar-refractivity contribution >= 4 is 17.3 Å². The molecule has 0 aliphatic carbocycles. The van der Waals surface area contributed by atoms with E-state index in [0.29, 0.717) is 38.2 Å². The highest BCUT2D eigenvalue weighted by atomic mass is 16.6. The molecule has 1 saturated heterocycles. The molecule has 3 rings (SSSR count). The van der Waals surface area contributed by atoms with Gasteiger partial charge < -0.3 is 9.80 Å². The number of carbonyl (C=O) groups excluding carboxylic acids is 1. The van der Waals surface area contributed by atoms with Gasteiger partial charge in [0.2, 0.25) is 5.91 Å². The van der Waals surface area contributed by atoms with E-state index in [2.05, 4.69) is 19.1 Å². The monoisotopic (exact) mass is 367 g/mol. The minimum atomic E-state index is -0.345. The summed E-state index contributed by atoms with van der Waals surface area (Å²) in [6.45, 7) is 3.97. The van der Waals surface area contributed by atoms with Gasteiger partial charge in [-0.3, -0.25) is 14.9 Å². The molecule has 6 nitrogen and oxygen atoms in total. The van der Waals surface area contributed by atoms with Crippen LogP contribution in [0.4, 0.5) is 11.4 Å². The molecule has 1 aliphatic rings. The minimum Gasteiger partial charge on any atom is -0.366 e. The minimum absolute atomic E-state index is 0.0296. The maximum absolute atomic E-state index is 12.8. The van der Waals surface area contributed by atoms with Crippen LogP contribution in [0.5, 0.6) is 0 Å². The van der Waals surface area contributed by atoms with E-state index in [9.17, 15) is 14.9 Å². The van der Waals surface area contributed by atoms with Crippen molar-refractivity contribution in [1.29, 1.82) is 0 Å². The molecule has 0 atom stereocenters. The van der Waals surface area contributed by atoms with Crippen LogP contribution in [0.3, 0.4) is 0 Å². The van der Waals surface area contributed by atoms with E-state index in [1.165, 1.54) is 11.6 Å². The third kappa shape index (κ3) is 4.27. The molecule has 2 aromatic carbocycles. The lowest BCUT2D eigenvalue weighted by Gasteiger charge is -2.34. The fourth-order valence-electron chi connectivity index (χ4n) is 3.69. The van der Waals surface area contributed by atoms with Crippen LogP contribution < -0.4 is 4.90 Å². The summed E-state index contributed by atoms with van der Waals surface area (Å²) < 4.78 is 0. The van der Waals surface area contributed by atoms with Crippen LogP contribution in [-0.4, -0.2) is 35.9 Å². The van der Waals surface area contributed by atoms with Crippen LogP contribution in [0.25, 0.3) is 0 Å². The number of hydrogen-bond acceptors (Lipinski definition) is 4. The van der Waals surface area contributed by atoms with Crippen LogP contribution >= 0.6 is 0 Å². The van der Waals surface area contributed by atoms with E-state index in [-0.39, 0.29) is 22.4 Å². The second-order valence-electron chi connectivity index (χ2n) is 7.13. The van der Waals surface area contributed by atoms with Gasteiger partial charge in [-0.1, -0.05) is 36.4 Å². The standard InChI is InChI=1S/C21H25N3O3/c1-16-7-3-4-8-18(16)15-22(2)21(25)17-11-13-23(14-12-17)19-9-5-6-10-20(19)24(26)27/h3-10,17H,11-15H2,1-2H3. The highest BCUT2D eigenvalue weighted by Gasteiger charge is 2.29. The van der Waals surface area contributed by atoms with Crippen LogP contribution in [0, 0.1) is 23.0 Å². The molecule has 0 aromatic heterocycles. The molecule has 27 heavy (non-hydrogen) atoms. The first-order chi connectivity index (χ1) is 13.0. The average Bonchev–Trinajstić information content (AvgIpc) is 2.69. The topological polar surface area (TPSA) is 66.7 Å². The van der Waals surface area contributed by atoms with E-state index < -0.39 is 0 Å². The first kappa shape index (κ1) is 18.9. The molecule has 0 bridgehead atoms. The van der Waals surface area contributed by atoms with E-state index in [4.69, 9.17) is 0 Å². The summed E-state index contributed by atoms with van der Waals surface area (Å²) in [5.74, 6) is 0.124. The van der Waals surface area contributed by atoms with E-state index in [1.807, 2.05) is 30.1 Å². The summed E-state index contributed by atoms with van der Waals surface area (Å²) >= 11 is 0. The third-order valence-corrected chi connectivity index (χ3v) is 5.31. The maximum Gasteiger partial charge on any atom is 0.292 e. The Hall–Kier alpha value is -2.89. The summed E-state index contributed by atoms with van der Waals surface area (Å²) in [7, 11) is 1.85. The van der Waals surface area contributed by atoms with Gasteiger partial charge in [-0.25, -0.2) is 0 Å². The van der Waals surface area contributed by atoms with Crippen molar-refractivity contribution in [1.82, 2.24) is 4.90 Å². The highest BCUT2D eigenvalue weighted by molar-refractivity contribution is 5.79. The predicted octanol–water partition coefficient (Wildman–Crippen LogP) is 3.78. The molecule has 6 heteroatoms. The van der Waals surface area contributed by atoms with Crippen LogP contribution in [-0.2, 0) is 11.3 Å². The van der Waals surface area contributed by atoms with Gasteiger partial charge in [0.1, 0.15) is 5.69 Å². The maximum atomic E-state index is 12.8. The first-order valence-electron chi connectivity index (χ1n) is 9.25. The molecule has 0 spiro atoms. The molecule has 0 N–H and O–H groups in total. The summed E-state index contributed by atoms with van der Waals surface area (Å²) in [5.41, 5.74) is 3.11. The number of benzene rings is 2. The molecule has 0 radical (unpaired) electrons. The second-order valence-corrected chi connectivity index (χ2v) is 7.13. The molecule has 1 fully saturated rings. The number of rotatable bonds is 5. The summed E-state index contributed by atoms with van der Waals surface area (Å²) in [6, 6.07) is 14.9. The third-order valence-electron chi connectivity index (χ3n) is 5.31. The zero-order chi connectivity index (χ0) is 19.4. The summed E-state index contributed by atoms with van der Waals surface area (Å²) in [5, 5.41) is 11.2. The average molecular weight is 367 g/mol. The van der Waals surface area contributed by atoms with Gasteiger partial charge in [-0.2, -0.15) is 0 Å². The fraction of sp³-hybridized carbons (Fsp3) is 0.381. The Bertz CT molecular complexity index is 829. The van der Waals surface area contributed by atoms with Gasteiger partial charge in [0.25, 0.3) is 5.69 Å². The van der Waals surface area contributed by atoms with Gasteiger partial charge in [0.15, 0.2) is 0 Å². The number of nitro benzene ring substituents is 1. The Labute approximate surface area is 159 Å². The number of aryl methyl sites for hydroxylation is 1. The van der Waals surface area contributed by atoms with Crippen molar-refractivity contribution in [3.8, 4) is 0 Å². The van der Waals surface area contributed by atoms with Gasteiger partial charge >= 0.3 is 0 Å². The van der Waals surface area contributed by atoms with Crippen molar-refractivity contribution in [2.24, 2.45) is 5.92 Å². The number of para-hydroxylation sites is 2. The summed E-state index contributed by atoms with van der Waals surface area (Å²) in [4.78, 5) is 27.5. The van der Waals surface area contributed by atoms with Gasteiger partial charge in [-0.15, -0.1) is 0 Å². The van der Waals surface area contributed by atoms with Crippen molar-refractivity contribution in [3.63, 3.8) is 0 Å². The van der Waals surface area contributed by atoms with Crippen LogP contribution in [0.15, 0.2) is 48.5 Å². The number of hydrogen-bond donors (Lipinski definition) is 0. The van der Waals surface area contributed by atoms with Crippen molar-refractivity contribution in [3.05, 3.63) is 69.8 Å². The molecule has 1 heterocycles. The predicted molar refractivity (Wildman–Crippen MR) is 106 cm³/mol. The lowest BCUT2D eigenvalue weighted by molar-refractivity contribution is -0.384. The lowest BCUT2D eigenvalue weighted by atomic mass is 9.94. The number of nitro groups is 1. The molecule has 0 saturated carbocycles. The molecule has 1 aliphatic heterocycles. The largest absolute Gasteiger partial charge is 0.366 e. The molecule has 142 valence electrons. The fourth-order valence-corrected chi connectivity index (χ4v) is 3.69. The number of anilines is 1. The van der Waals surface area contributed by atoms with Crippen molar-refractivity contribution in [2.45, 2.75) is 26.3 Å². The Morgan fingerprint density at radius 3 is 2.44 bits per heavy atom. The smallest absolute Gasteiger partial charge is 0.292 e. The number of carbonyl (C=O) groups is 1. The molecule has 1 amide bonds. The van der Waals surface area contributed by atoms with Crippen LogP contribution in [0.1, 0.15) is 24.0 Å². The molecule has 0 unspecified atom stereocenters.